The van der Waals surface area contributed by atoms with Crippen LogP contribution in [-0.2, 0) is 7.05 Å². The van der Waals surface area contributed by atoms with Crippen molar-refractivity contribution in [2.75, 3.05) is 14.2 Å². The Kier molecular flexibility index (Phi) is 4.23. The molecule has 0 aliphatic heterocycles. The molecule has 0 saturated heterocycles. The highest BCUT2D eigenvalue weighted by molar-refractivity contribution is 5.95. The van der Waals surface area contributed by atoms with Crippen molar-refractivity contribution in [1.82, 2.24) is 19.2 Å². The van der Waals surface area contributed by atoms with Gasteiger partial charge in [0.25, 0.3) is 0 Å². The predicted octanol–water partition coefficient (Wildman–Crippen LogP) is 3.12. The van der Waals surface area contributed by atoms with Gasteiger partial charge in [0.05, 0.1) is 32.3 Å². The van der Waals surface area contributed by atoms with Crippen LogP contribution in [-0.4, -0.2) is 44.5 Å². The van der Waals surface area contributed by atoms with Crippen molar-refractivity contribution >= 4 is 11.6 Å². The first-order chi connectivity index (χ1) is 13.5. The Hall–Kier alpha value is -3.81. The number of nitrogens with zero attached hydrogens (tertiary/aromatic N) is 4. The fourth-order valence-corrected chi connectivity index (χ4v) is 3.21. The lowest BCUT2D eigenvalue weighted by atomic mass is 10.1. The van der Waals surface area contributed by atoms with E-state index < -0.39 is 5.97 Å². The minimum atomic E-state index is -1.11. The highest BCUT2D eigenvalue weighted by Crippen LogP contribution is 2.35. The van der Waals surface area contributed by atoms with Gasteiger partial charge in [-0.1, -0.05) is 0 Å². The SMILES string of the molecule is COc1cc(-c2cnc3cc(-c4cnn(C)c4)ccn23)cc(OC)c1C(=O)O. The topological polar surface area (TPSA) is 90.9 Å². The van der Waals surface area contributed by atoms with Crippen LogP contribution < -0.4 is 9.47 Å². The van der Waals surface area contributed by atoms with Crippen molar-refractivity contribution in [2.24, 2.45) is 7.05 Å². The maximum Gasteiger partial charge on any atom is 0.343 e. The number of carboxylic acid groups (broad SMARTS) is 1. The second-order valence-electron chi connectivity index (χ2n) is 6.25. The summed E-state index contributed by atoms with van der Waals surface area (Å²) in [5.41, 5.74) is 4.29. The standard InChI is InChI=1S/C20H18N4O4/c1-23-11-14(9-22-23)12-4-5-24-15(10-21-18(24)8-12)13-6-16(27-2)19(20(25)26)17(7-13)28-3/h4-11H,1-3H3,(H,25,26). The predicted molar refractivity (Wildman–Crippen MR) is 103 cm³/mol. The summed E-state index contributed by atoms with van der Waals surface area (Å²) in [5, 5.41) is 13.7. The third-order valence-electron chi connectivity index (χ3n) is 4.57. The summed E-state index contributed by atoms with van der Waals surface area (Å²) < 4.78 is 14.2. The molecule has 0 bridgehead atoms. The van der Waals surface area contributed by atoms with Crippen molar-refractivity contribution in [3.05, 3.63) is 54.6 Å². The number of carboxylic acids is 1. The molecule has 0 saturated carbocycles. The molecule has 0 atom stereocenters. The molecule has 4 aromatic rings. The molecule has 0 radical (unpaired) electrons. The number of aromatic nitrogens is 4. The summed E-state index contributed by atoms with van der Waals surface area (Å²) in [6.45, 7) is 0. The Morgan fingerprint density at radius 1 is 1.04 bits per heavy atom. The second-order valence-corrected chi connectivity index (χ2v) is 6.25. The van der Waals surface area contributed by atoms with Gasteiger partial charge in [0, 0.05) is 30.6 Å². The van der Waals surface area contributed by atoms with E-state index in [0.29, 0.717) is 0 Å². The van der Waals surface area contributed by atoms with Gasteiger partial charge in [0.1, 0.15) is 22.7 Å². The molecule has 3 aromatic heterocycles. The Labute approximate surface area is 160 Å². The average Bonchev–Trinajstić information content (AvgIpc) is 3.32. The molecule has 0 aliphatic rings. The lowest BCUT2D eigenvalue weighted by Gasteiger charge is -2.12. The molecule has 8 heteroatoms. The van der Waals surface area contributed by atoms with Crippen LogP contribution in [0.15, 0.2) is 49.1 Å². The van der Waals surface area contributed by atoms with Gasteiger partial charge < -0.3 is 14.6 Å². The van der Waals surface area contributed by atoms with Gasteiger partial charge in [-0.3, -0.25) is 9.08 Å². The molecule has 1 aromatic carbocycles. The highest BCUT2D eigenvalue weighted by atomic mass is 16.5. The van der Waals surface area contributed by atoms with E-state index in [9.17, 15) is 9.90 Å². The highest BCUT2D eigenvalue weighted by Gasteiger charge is 2.20. The number of ether oxygens (including phenoxy) is 2. The van der Waals surface area contributed by atoms with Crippen molar-refractivity contribution in [1.29, 1.82) is 0 Å². The van der Waals surface area contributed by atoms with Gasteiger partial charge >= 0.3 is 5.97 Å². The molecule has 4 rings (SSSR count). The number of methoxy groups -OCH3 is 2. The van der Waals surface area contributed by atoms with Crippen LogP contribution in [0, 0.1) is 0 Å². The van der Waals surface area contributed by atoms with E-state index in [1.165, 1.54) is 14.2 Å². The van der Waals surface area contributed by atoms with Crippen LogP contribution in [0.5, 0.6) is 11.5 Å². The maximum atomic E-state index is 11.6. The van der Waals surface area contributed by atoms with Gasteiger partial charge in [0.15, 0.2) is 0 Å². The summed E-state index contributed by atoms with van der Waals surface area (Å²) in [6, 6.07) is 7.30. The Morgan fingerprint density at radius 3 is 2.32 bits per heavy atom. The van der Waals surface area contributed by atoms with E-state index in [2.05, 4.69) is 10.1 Å². The molecule has 8 nitrogen and oxygen atoms in total. The molecule has 28 heavy (non-hydrogen) atoms. The zero-order valence-electron chi connectivity index (χ0n) is 15.6. The van der Waals surface area contributed by atoms with Gasteiger partial charge in [0.2, 0.25) is 0 Å². The molecule has 1 N–H and O–H groups in total. The van der Waals surface area contributed by atoms with E-state index in [0.717, 1.165) is 28.0 Å². The van der Waals surface area contributed by atoms with Crippen LogP contribution in [0.4, 0.5) is 0 Å². The smallest absolute Gasteiger partial charge is 0.343 e. The number of aromatic carboxylic acids is 1. The molecular weight excluding hydrogens is 360 g/mol. The fraction of sp³-hybridized carbons (Fsp3) is 0.150. The lowest BCUT2D eigenvalue weighted by Crippen LogP contribution is -2.04. The number of imidazole rings is 1. The second kappa shape index (κ2) is 6.73. The summed E-state index contributed by atoms with van der Waals surface area (Å²) in [5.74, 6) is -0.660. The van der Waals surface area contributed by atoms with Crippen molar-refractivity contribution in [3.8, 4) is 33.9 Å². The first-order valence-electron chi connectivity index (χ1n) is 8.47. The van der Waals surface area contributed by atoms with Crippen LogP contribution in [0.3, 0.4) is 0 Å². The average molecular weight is 378 g/mol. The van der Waals surface area contributed by atoms with Crippen LogP contribution in [0.25, 0.3) is 28.0 Å². The van der Waals surface area contributed by atoms with Gasteiger partial charge in [-0.2, -0.15) is 5.10 Å². The van der Waals surface area contributed by atoms with Crippen molar-refractivity contribution in [3.63, 3.8) is 0 Å². The number of hydrogen-bond acceptors (Lipinski definition) is 5. The fourth-order valence-electron chi connectivity index (χ4n) is 3.21. The number of rotatable bonds is 5. The minimum absolute atomic E-state index is 0.0126. The number of benzene rings is 1. The quantitative estimate of drug-likeness (QED) is 0.574. The van der Waals surface area contributed by atoms with Gasteiger partial charge in [-0.15, -0.1) is 0 Å². The third kappa shape index (κ3) is 2.84. The zero-order chi connectivity index (χ0) is 19.8. The molecular formula is C20H18N4O4. The van der Waals surface area contributed by atoms with Crippen molar-refractivity contribution < 1.29 is 19.4 Å². The monoisotopic (exact) mass is 378 g/mol. The lowest BCUT2D eigenvalue weighted by molar-refractivity contribution is 0.0689. The molecule has 0 spiro atoms. The molecule has 0 amide bonds. The molecule has 0 unspecified atom stereocenters. The largest absolute Gasteiger partial charge is 0.496 e. The summed E-state index contributed by atoms with van der Waals surface area (Å²) in [4.78, 5) is 16.1. The van der Waals surface area contributed by atoms with E-state index in [-0.39, 0.29) is 17.1 Å². The van der Waals surface area contributed by atoms with Crippen LogP contribution in [0.2, 0.25) is 0 Å². The summed E-state index contributed by atoms with van der Waals surface area (Å²) >= 11 is 0. The molecule has 142 valence electrons. The van der Waals surface area contributed by atoms with Gasteiger partial charge in [-0.05, 0) is 29.8 Å². The van der Waals surface area contributed by atoms with Crippen LogP contribution in [0.1, 0.15) is 10.4 Å². The minimum Gasteiger partial charge on any atom is -0.496 e. The van der Waals surface area contributed by atoms with Crippen molar-refractivity contribution in [2.45, 2.75) is 0 Å². The summed E-state index contributed by atoms with van der Waals surface area (Å²) in [6.07, 6.45) is 7.40. The van der Waals surface area contributed by atoms with E-state index in [1.54, 1.807) is 29.2 Å². The number of pyridine rings is 1. The number of fused-ring (bicyclic) bond motifs is 1. The molecule has 3 heterocycles. The normalized spacial score (nSPS) is 11.0. The Balaban J connectivity index is 1.84. The van der Waals surface area contributed by atoms with E-state index in [4.69, 9.17) is 9.47 Å². The van der Waals surface area contributed by atoms with Crippen LogP contribution >= 0.6 is 0 Å². The Bertz CT molecular complexity index is 1170. The molecule has 0 fully saturated rings. The molecule has 0 aliphatic carbocycles. The number of aryl methyl sites for hydroxylation is 1. The van der Waals surface area contributed by atoms with E-state index in [1.807, 2.05) is 36.0 Å². The third-order valence-corrected chi connectivity index (χ3v) is 4.57. The Morgan fingerprint density at radius 2 is 1.75 bits per heavy atom. The first-order valence-corrected chi connectivity index (χ1v) is 8.47. The number of carbonyl (C=O) groups is 1. The zero-order valence-corrected chi connectivity index (χ0v) is 15.6. The summed E-state index contributed by atoms with van der Waals surface area (Å²) in [7, 11) is 4.73. The maximum absolute atomic E-state index is 11.6. The number of hydrogen-bond donors (Lipinski definition) is 1. The van der Waals surface area contributed by atoms with E-state index >= 15 is 0 Å². The van der Waals surface area contributed by atoms with Gasteiger partial charge in [-0.25, -0.2) is 9.78 Å². The first kappa shape index (κ1) is 17.6.